The Hall–Kier alpha value is -1.55. The Bertz CT molecular complexity index is 581. The van der Waals surface area contributed by atoms with Crippen LogP contribution in [0, 0.1) is 0 Å². The molecule has 5 heteroatoms. The van der Waals surface area contributed by atoms with Crippen LogP contribution in [0.1, 0.15) is 24.4 Å². The van der Waals surface area contributed by atoms with Crippen LogP contribution >= 0.6 is 11.6 Å². The zero-order valence-corrected chi connectivity index (χ0v) is 9.97. The fourth-order valence-electron chi connectivity index (χ4n) is 1.88. The highest BCUT2D eigenvalue weighted by Gasteiger charge is 2.25. The van der Waals surface area contributed by atoms with Crippen molar-refractivity contribution in [3.8, 4) is 0 Å². The van der Waals surface area contributed by atoms with Gasteiger partial charge in [-0.15, -0.1) is 0 Å². The molecule has 0 spiro atoms. The van der Waals surface area contributed by atoms with Gasteiger partial charge >= 0.3 is 5.69 Å². The fraction of sp³-hybridized carbons (Fsp3) is 0.333. The number of pyridine rings is 1. The summed E-state index contributed by atoms with van der Waals surface area (Å²) in [4.78, 5) is 16.0. The highest BCUT2D eigenvalue weighted by Crippen LogP contribution is 2.33. The maximum absolute atomic E-state index is 12.0. The second-order valence-corrected chi connectivity index (χ2v) is 4.72. The van der Waals surface area contributed by atoms with Crippen LogP contribution in [0.25, 0.3) is 0 Å². The number of hydrogen-bond donors (Lipinski definition) is 0. The number of halogens is 1. The molecule has 0 unspecified atom stereocenters. The van der Waals surface area contributed by atoms with Crippen molar-refractivity contribution in [3.63, 3.8) is 0 Å². The second-order valence-electron chi connectivity index (χ2n) is 4.34. The molecular weight excluding hydrogens is 238 g/mol. The first-order valence-corrected chi connectivity index (χ1v) is 5.99. The van der Waals surface area contributed by atoms with Gasteiger partial charge in [0.25, 0.3) is 0 Å². The summed E-state index contributed by atoms with van der Waals surface area (Å²) in [5.41, 5.74) is 1.03. The van der Waals surface area contributed by atoms with Crippen LogP contribution in [0.15, 0.2) is 35.5 Å². The molecule has 0 N–H and O–H groups in total. The van der Waals surface area contributed by atoms with E-state index in [0.29, 0.717) is 17.7 Å². The van der Waals surface area contributed by atoms with E-state index < -0.39 is 0 Å². The Morgan fingerprint density at radius 2 is 2.18 bits per heavy atom. The zero-order valence-electron chi connectivity index (χ0n) is 9.21. The van der Waals surface area contributed by atoms with Gasteiger partial charge in [-0.05, 0) is 24.5 Å². The average Bonchev–Trinajstić information content (AvgIpc) is 3.10. The summed E-state index contributed by atoms with van der Waals surface area (Å²) in [6.07, 6.45) is 7.63. The van der Waals surface area contributed by atoms with Crippen LogP contribution in [0.3, 0.4) is 0 Å². The lowest BCUT2D eigenvalue weighted by Gasteiger charge is -2.01. The third-order valence-corrected chi connectivity index (χ3v) is 3.18. The lowest BCUT2D eigenvalue weighted by atomic mass is 10.3. The number of imidazole rings is 1. The summed E-state index contributed by atoms with van der Waals surface area (Å²) in [6.45, 7) is 0.544. The normalized spacial score (nSPS) is 15.1. The number of nitrogens with zero attached hydrogens (tertiary/aromatic N) is 3. The van der Waals surface area contributed by atoms with Crippen molar-refractivity contribution < 1.29 is 0 Å². The third kappa shape index (κ3) is 2.13. The minimum Gasteiger partial charge on any atom is -0.296 e. The Labute approximate surface area is 103 Å². The molecule has 3 rings (SSSR count). The molecule has 2 aromatic rings. The molecule has 0 saturated heterocycles. The summed E-state index contributed by atoms with van der Waals surface area (Å²) in [5, 5.41) is 0.469. The number of rotatable bonds is 3. The maximum atomic E-state index is 12.0. The number of aromatic nitrogens is 3. The molecule has 1 fully saturated rings. The molecule has 0 aromatic carbocycles. The third-order valence-electron chi connectivity index (χ3n) is 2.96. The van der Waals surface area contributed by atoms with E-state index in [1.165, 1.54) is 0 Å². The van der Waals surface area contributed by atoms with Gasteiger partial charge in [0.05, 0.1) is 6.54 Å². The number of hydrogen-bond acceptors (Lipinski definition) is 2. The van der Waals surface area contributed by atoms with Crippen molar-refractivity contribution in [3.05, 3.63) is 51.9 Å². The predicted molar refractivity (Wildman–Crippen MR) is 65.3 cm³/mol. The monoisotopic (exact) mass is 249 g/mol. The Morgan fingerprint density at radius 3 is 2.82 bits per heavy atom. The first-order valence-electron chi connectivity index (χ1n) is 5.62. The summed E-state index contributed by atoms with van der Waals surface area (Å²) in [6, 6.07) is 4.04. The van der Waals surface area contributed by atoms with Gasteiger partial charge in [-0.25, -0.2) is 9.78 Å². The Balaban J connectivity index is 1.85. The van der Waals surface area contributed by atoms with Crippen LogP contribution in [0.2, 0.25) is 5.15 Å². The summed E-state index contributed by atoms with van der Waals surface area (Å²) in [7, 11) is 0. The molecule has 1 saturated carbocycles. The van der Waals surface area contributed by atoms with Gasteiger partial charge in [0.2, 0.25) is 0 Å². The molecule has 2 heterocycles. The van der Waals surface area contributed by atoms with Gasteiger partial charge in [0, 0.05) is 24.6 Å². The molecule has 1 aliphatic rings. The molecular formula is C12H12ClN3O. The lowest BCUT2D eigenvalue weighted by Crippen LogP contribution is -2.23. The van der Waals surface area contributed by atoms with Crippen molar-refractivity contribution in [1.29, 1.82) is 0 Å². The van der Waals surface area contributed by atoms with Crippen molar-refractivity contribution in [2.45, 2.75) is 25.4 Å². The zero-order chi connectivity index (χ0) is 11.8. The largest absolute Gasteiger partial charge is 0.328 e. The van der Waals surface area contributed by atoms with Gasteiger partial charge in [0.1, 0.15) is 5.15 Å². The van der Waals surface area contributed by atoms with Gasteiger partial charge in [-0.1, -0.05) is 17.7 Å². The van der Waals surface area contributed by atoms with E-state index in [4.69, 9.17) is 11.6 Å². The SMILES string of the molecule is O=c1n(Cc2ccc(Cl)nc2)ccn1C1CC1. The minimum absolute atomic E-state index is 0.0578. The van der Waals surface area contributed by atoms with Crippen molar-refractivity contribution in [2.75, 3.05) is 0 Å². The first-order chi connectivity index (χ1) is 8.24. The predicted octanol–water partition coefficient (Wildman–Crippen LogP) is 2.08. The molecule has 4 nitrogen and oxygen atoms in total. The molecule has 0 aliphatic heterocycles. The van der Waals surface area contributed by atoms with E-state index in [-0.39, 0.29) is 5.69 Å². The van der Waals surface area contributed by atoms with Crippen molar-refractivity contribution in [1.82, 2.24) is 14.1 Å². The average molecular weight is 250 g/mol. The first kappa shape index (κ1) is 10.6. The smallest absolute Gasteiger partial charge is 0.296 e. The topological polar surface area (TPSA) is 39.8 Å². The maximum Gasteiger partial charge on any atom is 0.328 e. The fourth-order valence-corrected chi connectivity index (χ4v) is 1.99. The van der Waals surface area contributed by atoms with Gasteiger partial charge in [0.15, 0.2) is 0 Å². The molecule has 88 valence electrons. The summed E-state index contributed by atoms with van der Waals surface area (Å²) in [5.74, 6) is 0. The molecule has 0 radical (unpaired) electrons. The molecule has 17 heavy (non-hydrogen) atoms. The molecule has 0 amide bonds. The highest BCUT2D eigenvalue weighted by atomic mass is 35.5. The van der Waals surface area contributed by atoms with Gasteiger partial charge in [-0.2, -0.15) is 0 Å². The van der Waals surface area contributed by atoms with Crippen LogP contribution in [-0.4, -0.2) is 14.1 Å². The van der Waals surface area contributed by atoms with E-state index in [1.54, 1.807) is 16.8 Å². The minimum atomic E-state index is 0.0578. The quantitative estimate of drug-likeness (QED) is 0.782. The van der Waals surface area contributed by atoms with E-state index in [9.17, 15) is 4.79 Å². The van der Waals surface area contributed by atoms with E-state index >= 15 is 0 Å². The van der Waals surface area contributed by atoms with Crippen LogP contribution in [-0.2, 0) is 6.54 Å². The molecule has 0 bridgehead atoms. The van der Waals surface area contributed by atoms with Crippen LogP contribution in [0.4, 0.5) is 0 Å². The van der Waals surface area contributed by atoms with E-state index in [1.807, 2.05) is 23.0 Å². The summed E-state index contributed by atoms with van der Waals surface area (Å²) < 4.78 is 3.51. The lowest BCUT2D eigenvalue weighted by molar-refractivity contribution is 0.655. The van der Waals surface area contributed by atoms with Crippen LogP contribution < -0.4 is 5.69 Å². The van der Waals surface area contributed by atoms with Crippen molar-refractivity contribution in [2.24, 2.45) is 0 Å². The Kier molecular flexibility index (Phi) is 2.52. The van der Waals surface area contributed by atoms with E-state index in [0.717, 1.165) is 18.4 Å². The van der Waals surface area contributed by atoms with Gasteiger partial charge < -0.3 is 0 Å². The van der Waals surface area contributed by atoms with E-state index in [2.05, 4.69) is 4.98 Å². The standard InChI is InChI=1S/C12H12ClN3O/c13-11-4-1-9(7-14-11)8-15-5-6-16(12(15)17)10-2-3-10/h1,4-7,10H,2-3,8H2. The Morgan fingerprint density at radius 1 is 1.35 bits per heavy atom. The molecule has 0 atom stereocenters. The van der Waals surface area contributed by atoms with Crippen molar-refractivity contribution >= 4 is 11.6 Å². The molecule has 2 aromatic heterocycles. The highest BCUT2D eigenvalue weighted by molar-refractivity contribution is 6.29. The van der Waals surface area contributed by atoms with Crippen LogP contribution in [0.5, 0.6) is 0 Å². The molecule has 1 aliphatic carbocycles. The summed E-state index contributed by atoms with van der Waals surface area (Å²) >= 11 is 5.72. The van der Waals surface area contributed by atoms with Gasteiger partial charge in [-0.3, -0.25) is 9.13 Å². The second kappa shape index (κ2) is 4.04.